The topological polar surface area (TPSA) is 45.2 Å². The molecule has 0 atom stereocenters. The molecule has 0 unspecified atom stereocenters. The number of anilines is 2. The molecule has 6 heteroatoms. The fourth-order valence-corrected chi connectivity index (χ4v) is 3.27. The number of alkyl halides is 1. The highest BCUT2D eigenvalue weighted by Crippen LogP contribution is 2.29. The minimum atomic E-state index is 0.0317. The van der Waals surface area contributed by atoms with Crippen LogP contribution in [-0.4, -0.2) is 24.0 Å². The van der Waals surface area contributed by atoms with Crippen molar-refractivity contribution in [3.8, 4) is 0 Å². The highest BCUT2D eigenvalue weighted by molar-refractivity contribution is 7.09. The summed E-state index contributed by atoms with van der Waals surface area (Å²) in [4.78, 5) is 18.3. The molecule has 1 amide bonds. The molecule has 1 aromatic carbocycles. The van der Waals surface area contributed by atoms with Crippen molar-refractivity contribution in [2.75, 3.05) is 23.3 Å². The van der Waals surface area contributed by atoms with Gasteiger partial charge in [0.15, 0.2) is 0 Å². The molecule has 2 aromatic rings. The summed E-state index contributed by atoms with van der Waals surface area (Å²) in [6.07, 6.45) is 0.823. The standard InChI is InChI=1S/C14H14ClN3OS/c15-7-10-9-20-14(16-10)5-6-18-8-13(19)17-11-3-1-2-4-12(11)18/h1-4,9H,5-8H2,(H,17,19). The molecule has 0 fully saturated rings. The molecule has 0 aliphatic carbocycles. The molecule has 20 heavy (non-hydrogen) atoms. The summed E-state index contributed by atoms with van der Waals surface area (Å²) in [5.74, 6) is 0.482. The number of para-hydroxylation sites is 2. The van der Waals surface area contributed by atoms with Crippen molar-refractivity contribution < 1.29 is 4.79 Å². The van der Waals surface area contributed by atoms with E-state index >= 15 is 0 Å². The zero-order chi connectivity index (χ0) is 13.9. The number of carbonyl (C=O) groups excluding carboxylic acids is 1. The maximum Gasteiger partial charge on any atom is 0.243 e. The monoisotopic (exact) mass is 307 g/mol. The number of fused-ring (bicyclic) bond motifs is 1. The summed E-state index contributed by atoms with van der Waals surface area (Å²) in [5.41, 5.74) is 2.87. The lowest BCUT2D eigenvalue weighted by atomic mass is 10.2. The molecule has 0 saturated carbocycles. The summed E-state index contributed by atoms with van der Waals surface area (Å²) in [7, 11) is 0. The van der Waals surface area contributed by atoms with E-state index in [4.69, 9.17) is 11.6 Å². The van der Waals surface area contributed by atoms with Crippen LogP contribution < -0.4 is 10.2 Å². The number of halogens is 1. The molecule has 0 radical (unpaired) electrons. The summed E-state index contributed by atoms with van der Waals surface area (Å²) >= 11 is 7.38. The van der Waals surface area contributed by atoms with E-state index in [1.165, 1.54) is 0 Å². The Balaban J connectivity index is 1.72. The van der Waals surface area contributed by atoms with E-state index < -0.39 is 0 Å². The Morgan fingerprint density at radius 1 is 1.40 bits per heavy atom. The minimum Gasteiger partial charge on any atom is -0.360 e. The van der Waals surface area contributed by atoms with Crippen molar-refractivity contribution in [2.45, 2.75) is 12.3 Å². The van der Waals surface area contributed by atoms with Crippen molar-refractivity contribution in [1.29, 1.82) is 0 Å². The van der Waals surface area contributed by atoms with E-state index in [0.29, 0.717) is 12.4 Å². The first-order valence-electron chi connectivity index (χ1n) is 6.39. The number of thiazole rings is 1. The summed E-state index contributed by atoms with van der Waals surface area (Å²) in [6, 6.07) is 7.86. The van der Waals surface area contributed by atoms with Crippen LogP contribution in [0.3, 0.4) is 0 Å². The van der Waals surface area contributed by atoms with E-state index in [9.17, 15) is 4.79 Å². The van der Waals surface area contributed by atoms with Crippen molar-refractivity contribution in [2.24, 2.45) is 0 Å². The fraction of sp³-hybridized carbons (Fsp3) is 0.286. The lowest BCUT2D eigenvalue weighted by molar-refractivity contribution is -0.115. The lowest BCUT2D eigenvalue weighted by Gasteiger charge is -2.30. The molecule has 1 aromatic heterocycles. The van der Waals surface area contributed by atoms with Crippen LogP contribution in [0.1, 0.15) is 10.7 Å². The zero-order valence-electron chi connectivity index (χ0n) is 10.8. The van der Waals surface area contributed by atoms with E-state index in [2.05, 4.69) is 15.2 Å². The Morgan fingerprint density at radius 3 is 3.05 bits per heavy atom. The van der Waals surface area contributed by atoms with E-state index in [1.807, 2.05) is 29.6 Å². The number of carbonyl (C=O) groups is 1. The minimum absolute atomic E-state index is 0.0317. The molecule has 0 saturated heterocycles. The Hall–Kier alpha value is -1.59. The van der Waals surface area contributed by atoms with Crippen LogP contribution in [0.2, 0.25) is 0 Å². The SMILES string of the molecule is O=C1CN(CCc2nc(CCl)cs2)c2ccccc2N1. The molecule has 2 heterocycles. The van der Waals surface area contributed by atoms with Crippen molar-refractivity contribution in [3.05, 3.63) is 40.3 Å². The van der Waals surface area contributed by atoms with E-state index in [-0.39, 0.29) is 5.91 Å². The van der Waals surface area contributed by atoms with Gasteiger partial charge >= 0.3 is 0 Å². The van der Waals surface area contributed by atoms with E-state index in [1.54, 1.807) is 11.3 Å². The summed E-state index contributed by atoms with van der Waals surface area (Å²) in [5, 5.41) is 5.93. The third-order valence-electron chi connectivity index (χ3n) is 3.19. The first kappa shape index (κ1) is 13.4. The van der Waals surface area contributed by atoms with Crippen molar-refractivity contribution >= 4 is 40.2 Å². The third kappa shape index (κ3) is 2.78. The maximum absolute atomic E-state index is 11.7. The van der Waals surface area contributed by atoms with Gasteiger partial charge in [-0.05, 0) is 12.1 Å². The van der Waals surface area contributed by atoms with Gasteiger partial charge in [-0.3, -0.25) is 4.79 Å². The molecule has 1 N–H and O–H groups in total. The van der Waals surface area contributed by atoms with Gasteiger partial charge in [0.05, 0.1) is 34.5 Å². The number of benzene rings is 1. The first-order valence-corrected chi connectivity index (χ1v) is 7.81. The molecule has 3 rings (SSSR count). The lowest BCUT2D eigenvalue weighted by Crippen LogP contribution is -2.39. The highest BCUT2D eigenvalue weighted by Gasteiger charge is 2.21. The fourth-order valence-electron chi connectivity index (χ4n) is 2.26. The summed E-state index contributed by atoms with van der Waals surface area (Å²) < 4.78 is 0. The van der Waals surface area contributed by atoms with Crippen LogP contribution in [0, 0.1) is 0 Å². The number of hydrogen-bond donors (Lipinski definition) is 1. The molecule has 0 spiro atoms. The molecule has 4 nitrogen and oxygen atoms in total. The summed E-state index contributed by atoms with van der Waals surface area (Å²) in [6.45, 7) is 1.17. The van der Waals surface area contributed by atoms with Gasteiger partial charge < -0.3 is 10.2 Å². The molecule has 1 aliphatic heterocycles. The van der Waals surface area contributed by atoms with Crippen molar-refractivity contribution in [1.82, 2.24) is 4.98 Å². The number of nitrogens with one attached hydrogen (secondary N) is 1. The second-order valence-corrected chi connectivity index (χ2v) is 5.81. The molecular formula is C14H14ClN3OS. The van der Waals surface area contributed by atoms with Crippen LogP contribution in [0.5, 0.6) is 0 Å². The van der Waals surface area contributed by atoms with Gasteiger partial charge in [0.25, 0.3) is 0 Å². The highest BCUT2D eigenvalue weighted by atomic mass is 35.5. The number of hydrogen-bond acceptors (Lipinski definition) is 4. The largest absolute Gasteiger partial charge is 0.360 e. The maximum atomic E-state index is 11.7. The Kier molecular flexibility index (Phi) is 3.89. The van der Waals surface area contributed by atoms with Gasteiger partial charge in [0.2, 0.25) is 5.91 Å². The molecule has 0 bridgehead atoms. The molecular weight excluding hydrogens is 294 g/mol. The van der Waals surface area contributed by atoms with Crippen LogP contribution in [0.4, 0.5) is 11.4 Å². The van der Waals surface area contributed by atoms with Crippen LogP contribution in [-0.2, 0) is 17.1 Å². The van der Waals surface area contributed by atoms with Gasteiger partial charge in [0.1, 0.15) is 0 Å². The zero-order valence-corrected chi connectivity index (χ0v) is 12.4. The molecule has 1 aliphatic rings. The normalized spacial score (nSPS) is 14.1. The average molecular weight is 308 g/mol. The number of rotatable bonds is 4. The Bertz CT molecular complexity index is 628. The van der Waals surface area contributed by atoms with Crippen LogP contribution >= 0.6 is 22.9 Å². The molecule has 104 valence electrons. The first-order chi connectivity index (χ1) is 9.76. The third-order valence-corrected chi connectivity index (χ3v) is 4.42. The van der Waals surface area contributed by atoms with Crippen LogP contribution in [0.25, 0.3) is 0 Å². The second-order valence-electron chi connectivity index (χ2n) is 4.60. The Morgan fingerprint density at radius 2 is 2.25 bits per heavy atom. The van der Waals surface area contributed by atoms with Gasteiger partial charge in [0, 0.05) is 18.3 Å². The number of aromatic nitrogens is 1. The average Bonchev–Trinajstić information content (AvgIpc) is 2.92. The second kappa shape index (κ2) is 5.81. The predicted octanol–water partition coefficient (Wildman–Crippen LogP) is 2.88. The Labute approximate surface area is 126 Å². The van der Waals surface area contributed by atoms with Crippen molar-refractivity contribution in [3.63, 3.8) is 0 Å². The van der Waals surface area contributed by atoms with Gasteiger partial charge in [-0.2, -0.15) is 0 Å². The number of amides is 1. The predicted molar refractivity (Wildman–Crippen MR) is 82.7 cm³/mol. The van der Waals surface area contributed by atoms with Gasteiger partial charge in [-0.25, -0.2) is 4.98 Å². The van der Waals surface area contributed by atoms with E-state index in [0.717, 1.165) is 35.0 Å². The smallest absolute Gasteiger partial charge is 0.243 e. The quantitative estimate of drug-likeness (QED) is 0.883. The van der Waals surface area contributed by atoms with Crippen LogP contribution in [0.15, 0.2) is 29.6 Å². The van der Waals surface area contributed by atoms with Gasteiger partial charge in [-0.1, -0.05) is 12.1 Å². The van der Waals surface area contributed by atoms with Gasteiger partial charge in [-0.15, -0.1) is 22.9 Å². The number of nitrogens with zero attached hydrogens (tertiary/aromatic N) is 2.